The van der Waals surface area contributed by atoms with Crippen molar-refractivity contribution in [1.82, 2.24) is 5.32 Å². The summed E-state index contributed by atoms with van der Waals surface area (Å²) in [6.45, 7) is 12.3. The molecule has 1 unspecified atom stereocenters. The zero-order valence-electron chi connectivity index (χ0n) is 12.0. The molecule has 0 aromatic heterocycles. The molecular weight excluding hydrogens is 206 g/mol. The van der Waals surface area contributed by atoms with E-state index >= 15 is 0 Å². The summed E-state index contributed by atoms with van der Waals surface area (Å²) in [5, 5.41) is 3.61. The summed E-state index contributed by atoms with van der Waals surface area (Å²) in [4.78, 5) is 0. The molecule has 0 aliphatic heterocycles. The number of hydrogen-bond acceptors (Lipinski definition) is 1. The Morgan fingerprint density at radius 3 is 2.41 bits per heavy atom. The number of nitrogens with one attached hydrogen (secondary N) is 1. The number of benzene rings is 1. The molecular formula is C16H27N. The Hall–Kier alpha value is -0.820. The van der Waals surface area contributed by atoms with E-state index in [0.29, 0.717) is 11.5 Å². The molecule has 1 nitrogen and oxygen atoms in total. The SMILES string of the molecule is CCNC(CC(C)(C)C)c1cccc(CC)c1. The highest BCUT2D eigenvalue weighted by Gasteiger charge is 2.19. The summed E-state index contributed by atoms with van der Waals surface area (Å²) in [7, 11) is 0. The van der Waals surface area contributed by atoms with Crippen LogP contribution in [0.4, 0.5) is 0 Å². The second-order valence-corrected chi connectivity index (χ2v) is 5.97. The van der Waals surface area contributed by atoms with Crippen LogP contribution in [0.5, 0.6) is 0 Å². The van der Waals surface area contributed by atoms with E-state index in [1.54, 1.807) is 0 Å². The summed E-state index contributed by atoms with van der Waals surface area (Å²) in [6, 6.07) is 9.47. The van der Waals surface area contributed by atoms with Crippen molar-refractivity contribution < 1.29 is 0 Å². The van der Waals surface area contributed by atoms with E-state index in [9.17, 15) is 0 Å². The summed E-state index contributed by atoms with van der Waals surface area (Å²) in [5.41, 5.74) is 3.22. The van der Waals surface area contributed by atoms with Gasteiger partial charge in [0, 0.05) is 6.04 Å². The lowest BCUT2D eigenvalue weighted by atomic mass is 9.85. The van der Waals surface area contributed by atoms with E-state index < -0.39 is 0 Å². The first-order chi connectivity index (χ1) is 7.96. The van der Waals surface area contributed by atoms with Gasteiger partial charge in [-0.3, -0.25) is 0 Å². The Morgan fingerprint density at radius 2 is 1.88 bits per heavy atom. The van der Waals surface area contributed by atoms with Crippen molar-refractivity contribution in [2.24, 2.45) is 5.41 Å². The molecule has 0 aliphatic carbocycles. The highest BCUT2D eigenvalue weighted by molar-refractivity contribution is 5.26. The van der Waals surface area contributed by atoms with Gasteiger partial charge in [0.05, 0.1) is 0 Å². The van der Waals surface area contributed by atoms with E-state index in [0.717, 1.165) is 13.0 Å². The van der Waals surface area contributed by atoms with Gasteiger partial charge in [-0.2, -0.15) is 0 Å². The fourth-order valence-corrected chi connectivity index (χ4v) is 2.20. The highest BCUT2D eigenvalue weighted by atomic mass is 14.9. The van der Waals surface area contributed by atoms with Gasteiger partial charge in [-0.25, -0.2) is 0 Å². The fourth-order valence-electron chi connectivity index (χ4n) is 2.20. The van der Waals surface area contributed by atoms with Crippen LogP contribution >= 0.6 is 0 Å². The maximum absolute atomic E-state index is 3.61. The van der Waals surface area contributed by atoms with Gasteiger partial charge in [0.2, 0.25) is 0 Å². The van der Waals surface area contributed by atoms with Crippen molar-refractivity contribution in [1.29, 1.82) is 0 Å². The average Bonchev–Trinajstić information content (AvgIpc) is 2.27. The largest absolute Gasteiger partial charge is 0.310 e. The maximum Gasteiger partial charge on any atom is 0.0325 e. The summed E-state index contributed by atoms with van der Waals surface area (Å²) < 4.78 is 0. The van der Waals surface area contributed by atoms with Gasteiger partial charge in [-0.05, 0) is 35.9 Å². The fraction of sp³-hybridized carbons (Fsp3) is 0.625. The Labute approximate surface area is 107 Å². The predicted molar refractivity (Wildman–Crippen MR) is 76.3 cm³/mol. The lowest BCUT2D eigenvalue weighted by Crippen LogP contribution is -2.25. The van der Waals surface area contributed by atoms with E-state index in [-0.39, 0.29) is 0 Å². The van der Waals surface area contributed by atoms with E-state index in [2.05, 4.69) is 64.2 Å². The van der Waals surface area contributed by atoms with Gasteiger partial charge in [0.1, 0.15) is 0 Å². The third-order valence-corrected chi connectivity index (χ3v) is 3.03. The van der Waals surface area contributed by atoms with Crippen molar-refractivity contribution in [2.45, 2.75) is 53.5 Å². The molecule has 0 amide bonds. The molecule has 0 fully saturated rings. The van der Waals surface area contributed by atoms with Crippen molar-refractivity contribution in [2.75, 3.05) is 6.54 Å². The molecule has 96 valence electrons. The third-order valence-electron chi connectivity index (χ3n) is 3.03. The summed E-state index contributed by atoms with van der Waals surface area (Å²) in [5.74, 6) is 0. The van der Waals surface area contributed by atoms with Crippen LogP contribution in [-0.4, -0.2) is 6.54 Å². The Kier molecular flexibility index (Phi) is 5.20. The van der Waals surface area contributed by atoms with Crippen molar-refractivity contribution in [3.05, 3.63) is 35.4 Å². The first kappa shape index (κ1) is 14.2. The lowest BCUT2D eigenvalue weighted by Gasteiger charge is -2.27. The zero-order valence-corrected chi connectivity index (χ0v) is 12.0. The van der Waals surface area contributed by atoms with Crippen LogP contribution in [0.1, 0.15) is 58.2 Å². The van der Waals surface area contributed by atoms with E-state index in [4.69, 9.17) is 0 Å². The molecule has 17 heavy (non-hydrogen) atoms. The number of aryl methyl sites for hydroxylation is 1. The molecule has 1 rings (SSSR count). The predicted octanol–water partition coefficient (Wildman–Crippen LogP) is 4.34. The molecule has 1 N–H and O–H groups in total. The highest BCUT2D eigenvalue weighted by Crippen LogP contribution is 2.29. The monoisotopic (exact) mass is 233 g/mol. The van der Waals surface area contributed by atoms with Gasteiger partial charge >= 0.3 is 0 Å². The van der Waals surface area contributed by atoms with Crippen LogP contribution in [0.3, 0.4) is 0 Å². The van der Waals surface area contributed by atoms with Gasteiger partial charge in [-0.15, -0.1) is 0 Å². The third kappa shape index (κ3) is 4.91. The lowest BCUT2D eigenvalue weighted by molar-refractivity contribution is 0.314. The van der Waals surface area contributed by atoms with Crippen LogP contribution in [0.2, 0.25) is 0 Å². The minimum atomic E-state index is 0.356. The molecule has 0 spiro atoms. The zero-order chi connectivity index (χ0) is 12.9. The quantitative estimate of drug-likeness (QED) is 0.798. The molecule has 1 aromatic carbocycles. The summed E-state index contributed by atoms with van der Waals surface area (Å²) in [6.07, 6.45) is 2.29. The van der Waals surface area contributed by atoms with E-state index in [1.165, 1.54) is 17.5 Å². The van der Waals surface area contributed by atoms with Gasteiger partial charge in [0.15, 0.2) is 0 Å². The molecule has 1 atom stereocenters. The second-order valence-electron chi connectivity index (χ2n) is 5.97. The second kappa shape index (κ2) is 6.20. The first-order valence-corrected chi connectivity index (χ1v) is 6.78. The van der Waals surface area contributed by atoms with Crippen LogP contribution in [0, 0.1) is 5.41 Å². The minimum Gasteiger partial charge on any atom is -0.310 e. The van der Waals surface area contributed by atoms with Gasteiger partial charge in [-0.1, -0.05) is 58.9 Å². The molecule has 0 radical (unpaired) electrons. The van der Waals surface area contributed by atoms with E-state index in [1.807, 2.05) is 0 Å². The molecule has 0 saturated carbocycles. The standard InChI is InChI=1S/C16H27N/c1-6-13-9-8-10-14(11-13)15(17-7-2)12-16(3,4)5/h8-11,15,17H,6-7,12H2,1-5H3. The Balaban J connectivity index is 2.88. The Morgan fingerprint density at radius 1 is 1.18 bits per heavy atom. The van der Waals surface area contributed by atoms with Gasteiger partial charge < -0.3 is 5.32 Å². The number of hydrogen-bond donors (Lipinski definition) is 1. The van der Waals surface area contributed by atoms with Gasteiger partial charge in [0.25, 0.3) is 0 Å². The molecule has 1 aromatic rings. The Bertz CT molecular complexity index is 336. The van der Waals surface area contributed by atoms with Crippen LogP contribution in [-0.2, 0) is 6.42 Å². The van der Waals surface area contributed by atoms with Crippen molar-refractivity contribution >= 4 is 0 Å². The minimum absolute atomic E-state index is 0.356. The first-order valence-electron chi connectivity index (χ1n) is 6.78. The van der Waals surface area contributed by atoms with Crippen LogP contribution in [0.25, 0.3) is 0 Å². The van der Waals surface area contributed by atoms with Crippen LogP contribution in [0.15, 0.2) is 24.3 Å². The molecule has 1 heteroatoms. The van der Waals surface area contributed by atoms with Crippen molar-refractivity contribution in [3.8, 4) is 0 Å². The molecule has 0 heterocycles. The number of rotatable bonds is 5. The summed E-state index contributed by atoms with van der Waals surface area (Å²) >= 11 is 0. The normalized spacial score (nSPS) is 13.7. The smallest absolute Gasteiger partial charge is 0.0325 e. The molecule has 0 bridgehead atoms. The van der Waals surface area contributed by atoms with Crippen LogP contribution < -0.4 is 5.32 Å². The molecule has 0 saturated heterocycles. The van der Waals surface area contributed by atoms with Crippen molar-refractivity contribution in [3.63, 3.8) is 0 Å². The molecule has 0 aliphatic rings. The maximum atomic E-state index is 3.61. The average molecular weight is 233 g/mol. The topological polar surface area (TPSA) is 12.0 Å².